The van der Waals surface area contributed by atoms with Crippen molar-refractivity contribution >= 4 is 21.6 Å². The van der Waals surface area contributed by atoms with Crippen molar-refractivity contribution in [2.75, 3.05) is 13.1 Å². The number of nitro benzene ring substituents is 1. The highest BCUT2D eigenvalue weighted by atomic mass is 32.2. The molecule has 148 valence electrons. The zero-order chi connectivity index (χ0) is 20.3. The molecule has 1 N–H and O–H groups in total. The number of hydrogen-bond acceptors (Lipinski definition) is 5. The first-order chi connectivity index (χ1) is 13.3. The summed E-state index contributed by atoms with van der Waals surface area (Å²) in [4.78, 5) is 22.5. The van der Waals surface area contributed by atoms with Gasteiger partial charge in [-0.25, -0.2) is 8.42 Å². The lowest BCUT2D eigenvalue weighted by Gasteiger charge is -2.31. The highest BCUT2D eigenvalue weighted by molar-refractivity contribution is 7.89. The van der Waals surface area contributed by atoms with Gasteiger partial charge in [0, 0.05) is 36.8 Å². The highest BCUT2D eigenvalue weighted by Gasteiger charge is 2.30. The average molecular weight is 403 g/mol. The Morgan fingerprint density at radius 2 is 1.64 bits per heavy atom. The van der Waals surface area contributed by atoms with Gasteiger partial charge in [0.15, 0.2) is 0 Å². The number of nitrogens with one attached hydrogen (secondary N) is 1. The van der Waals surface area contributed by atoms with Gasteiger partial charge in [-0.2, -0.15) is 4.31 Å². The fourth-order valence-corrected chi connectivity index (χ4v) is 4.57. The Morgan fingerprint density at radius 3 is 2.18 bits per heavy atom. The summed E-state index contributed by atoms with van der Waals surface area (Å²) in [6, 6.07) is 12.0. The van der Waals surface area contributed by atoms with Gasteiger partial charge < -0.3 is 5.32 Å². The SMILES string of the molecule is Cc1ccc(C(=O)NC2CCN(S(=O)(=O)c3ccc([N+](=O)[O-])cc3)CC2)cc1. The van der Waals surface area contributed by atoms with E-state index in [1.807, 2.05) is 19.1 Å². The van der Waals surface area contributed by atoms with Gasteiger partial charge >= 0.3 is 0 Å². The maximum atomic E-state index is 12.7. The molecule has 1 amide bonds. The zero-order valence-electron chi connectivity index (χ0n) is 15.4. The van der Waals surface area contributed by atoms with Crippen LogP contribution in [0.4, 0.5) is 5.69 Å². The summed E-state index contributed by atoms with van der Waals surface area (Å²) in [5.74, 6) is -0.170. The van der Waals surface area contributed by atoms with Gasteiger partial charge in [-0.3, -0.25) is 14.9 Å². The summed E-state index contributed by atoms with van der Waals surface area (Å²) in [6.07, 6.45) is 1.01. The summed E-state index contributed by atoms with van der Waals surface area (Å²) in [6.45, 7) is 2.50. The number of rotatable bonds is 5. The molecule has 0 aromatic heterocycles. The zero-order valence-corrected chi connectivity index (χ0v) is 16.2. The Hall–Kier alpha value is -2.78. The number of nitrogens with zero attached hydrogens (tertiary/aromatic N) is 2. The molecule has 3 rings (SSSR count). The molecule has 0 spiro atoms. The quantitative estimate of drug-likeness (QED) is 0.609. The Balaban J connectivity index is 1.60. The van der Waals surface area contributed by atoms with E-state index in [0.717, 1.165) is 5.56 Å². The lowest BCUT2D eigenvalue weighted by Crippen LogP contribution is -2.46. The number of piperidine rings is 1. The number of amides is 1. The fraction of sp³-hybridized carbons (Fsp3) is 0.316. The van der Waals surface area contributed by atoms with Crippen molar-refractivity contribution in [2.24, 2.45) is 0 Å². The normalized spacial score (nSPS) is 15.9. The third kappa shape index (κ3) is 4.37. The minimum Gasteiger partial charge on any atom is -0.349 e. The summed E-state index contributed by atoms with van der Waals surface area (Å²) in [5, 5.41) is 13.7. The second kappa shape index (κ2) is 8.07. The van der Waals surface area contributed by atoms with Gasteiger partial charge in [-0.15, -0.1) is 0 Å². The molecule has 0 aliphatic carbocycles. The predicted molar refractivity (Wildman–Crippen MR) is 104 cm³/mol. The Morgan fingerprint density at radius 1 is 1.07 bits per heavy atom. The molecule has 0 atom stereocenters. The van der Waals surface area contributed by atoms with E-state index in [1.165, 1.54) is 28.6 Å². The molecule has 0 unspecified atom stereocenters. The summed E-state index contributed by atoms with van der Waals surface area (Å²) in [5.41, 5.74) is 1.49. The monoisotopic (exact) mass is 403 g/mol. The standard InChI is InChI=1S/C19H21N3O5S/c1-14-2-4-15(5-3-14)19(23)20-16-10-12-21(13-11-16)28(26,27)18-8-6-17(7-9-18)22(24)25/h2-9,16H,10-13H2,1H3,(H,20,23). The van der Waals surface area contributed by atoms with Crippen LogP contribution in [0, 0.1) is 17.0 Å². The first kappa shape index (κ1) is 20.0. The van der Waals surface area contributed by atoms with Gasteiger partial charge in [0.1, 0.15) is 0 Å². The molecule has 0 radical (unpaired) electrons. The lowest BCUT2D eigenvalue weighted by molar-refractivity contribution is -0.384. The van der Waals surface area contributed by atoms with Crippen molar-refractivity contribution in [3.8, 4) is 0 Å². The molecule has 1 saturated heterocycles. The number of carbonyl (C=O) groups is 1. The molecule has 0 bridgehead atoms. The maximum absolute atomic E-state index is 12.7. The number of non-ortho nitro benzene ring substituents is 1. The Kier molecular flexibility index (Phi) is 5.76. The van der Waals surface area contributed by atoms with Crippen LogP contribution in [0.15, 0.2) is 53.4 Å². The Bertz CT molecular complexity index is 964. The molecule has 9 heteroatoms. The van der Waals surface area contributed by atoms with Crippen LogP contribution in [0.2, 0.25) is 0 Å². The molecule has 2 aromatic carbocycles. The van der Waals surface area contributed by atoms with Crippen molar-refractivity contribution in [3.05, 3.63) is 69.8 Å². The minimum absolute atomic E-state index is 0.0280. The van der Waals surface area contributed by atoms with E-state index in [0.29, 0.717) is 18.4 Å². The van der Waals surface area contributed by atoms with Crippen LogP contribution in [0.25, 0.3) is 0 Å². The van der Waals surface area contributed by atoms with E-state index in [-0.39, 0.29) is 35.6 Å². The van der Waals surface area contributed by atoms with Crippen LogP contribution in [-0.2, 0) is 10.0 Å². The van der Waals surface area contributed by atoms with Crippen LogP contribution in [0.1, 0.15) is 28.8 Å². The third-order valence-corrected chi connectivity index (χ3v) is 6.70. The van der Waals surface area contributed by atoms with E-state index in [4.69, 9.17) is 0 Å². The topological polar surface area (TPSA) is 110 Å². The number of benzene rings is 2. The van der Waals surface area contributed by atoms with Crippen LogP contribution in [-0.4, -0.2) is 42.7 Å². The van der Waals surface area contributed by atoms with Gasteiger partial charge in [-0.05, 0) is 44.0 Å². The number of carbonyl (C=O) groups excluding carboxylic acids is 1. The molecular formula is C19H21N3O5S. The Labute approximate surface area is 163 Å². The second-order valence-electron chi connectivity index (χ2n) is 6.77. The van der Waals surface area contributed by atoms with Crippen LogP contribution in [0.5, 0.6) is 0 Å². The van der Waals surface area contributed by atoms with Gasteiger partial charge in [0.05, 0.1) is 9.82 Å². The van der Waals surface area contributed by atoms with Gasteiger partial charge in [0.2, 0.25) is 10.0 Å². The minimum atomic E-state index is -3.72. The largest absolute Gasteiger partial charge is 0.349 e. The number of sulfonamides is 1. The third-order valence-electron chi connectivity index (χ3n) is 4.79. The van der Waals surface area contributed by atoms with E-state index >= 15 is 0 Å². The van der Waals surface area contributed by atoms with Crippen LogP contribution in [0.3, 0.4) is 0 Å². The summed E-state index contributed by atoms with van der Waals surface area (Å²) >= 11 is 0. The molecule has 1 aliphatic heterocycles. The second-order valence-corrected chi connectivity index (χ2v) is 8.71. The van der Waals surface area contributed by atoms with Crippen molar-refractivity contribution in [1.29, 1.82) is 0 Å². The van der Waals surface area contributed by atoms with E-state index < -0.39 is 14.9 Å². The lowest BCUT2D eigenvalue weighted by atomic mass is 10.1. The van der Waals surface area contributed by atoms with Gasteiger partial charge in [0.25, 0.3) is 11.6 Å². The molecule has 1 aliphatic rings. The first-order valence-corrected chi connectivity index (χ1v) is 10.3. The van der Waals surface area contributed by atoms with Crippen molar-refractivity contribution in [1.82, 2.24) is 9.62 Å². The van der Waals surface area contributed by atoms with Crippen molar-refractivity contribution < 1.29 is 18.1 Å². The molecule has 1 fully saturated rings. The number of aryl methyl sites for hydroxylation is 1. The van der Waals surface area contributed by atoms with Gasteiger partial charge in [-0.1, -0.05) is 17.7 Å². The number of nitro groups is 1. The fourth-order valence-electron chi connectivity index (χ4n) is 3.10. The van der Waals surface area contributed by atoms with Crippen molar-refractivity contribution in [3.63, 3.8) is 0 Å². The highest BCUT2D eigenvalue weighted by Crippen LogP contribution is 2.23. The molecule has 8 nitrogen and oxygen atoms in total. The average Bonchev–Trinajstić information content (AvgIpc) is 2.69. The molecule has 0 saturated carbocycles. The smallest absolute Gasteiger partial charge is 0.269 e. The van der Waals surface area contributed by atoms with E-state index in [9.17, 15) is 23.3 Å². The van der Waals surface area contributed by atoms with Crippen LogP contribution >= 0.6 is 0 Å². The number of hydrogen-bond donors (Lipinski definition) is 1. The molecule has 2 aromatic rings. The summed E-state index contributed by atoms with van der Waals surface area (Å²) < 4.78 is 26.8. The molecule has 28 heavy (non-hydrogen) atoms. The van der Waals surface area contributed by atoms with Crippen molar-refractivity contribution in [2.45, 2.75) is 30.7 Å². The maximum Gasteiger partial charge on any atom is 0.269 e. The first-order valence-electron chi connectivity index (χ1n) is 8.89. The molecule has 1 heterocycles. The summed E-state index contributed by atoms with van der Waals surface area (Å²) in [7, 11) is -3.72. The van der Waals surface area contributed by atoms with E-state index in [1.54, 1.807) is 12.1 Å². The van der Waals surface area contributed by atoms with Crippen LogP contribution < -0.4 is 5.32 Å². The molecular weight excluding hydrogens is 382 g/mol. The van der Waals surface area contributed by atoms with E-state index in [2.05, 4.69) is 5.32 Å². The predicted octanol–water partition coefficient (Wildman–Crippen LogP) is 2.49.